The van der Waals surface area contributed by atoms with Gasteiger partial charge < -0.3 is 10.7 Å². The number of rotatable bonds is 2. The van der Waals surface area contributed by atoms with Crippen LogP contribution in [0.5, 0.6) is 0 Å². The molecule has 3 heterocycles. The van der Waals surface area contributed by atoms with E-state index < -0.39 is 0 Å². The van der Waals surface area contributed by atoms with Gasteiger partial charge in [-0.05, 0) is 25.1 Å². The number of aromatic nitrogens is 4. The second-order valence-corrected chi connectivity index (χ2v) is 6.64. The third-order valence-corrected chi connectivity index (χ3v) is 4.99. The summed E-state index contributed by atoms with van der Waals surface area (Å²) < 4.78 is 1.78. The number of nitrogens with one attached hydrogen (secondary N) is 1. The Kier molecular flexibility index (Phi) is 3.43. The summed E-state index contributed by atoms with van der Waals surface area (Å²) in [6.45, 7) is 1.93. The van der Waals surface area contributed by atoms with Gasteiger partial charge in [-0.3, -0.25) is 0 Å². The number of nitrogen functional groups attached to an aromatic ring is 1. The molecule has 0 aliphatic rings. The Hall–Kier alpha value is -4.11. The first-order valence-corrected chi connectivity index (χ1v) is 8.90. The van der Waals surface area contributed by atoms with Crippen LogP contribution in [0.3, 0.4) is 0 Å². The van der Waals surface area contributed by atoms with E-state index in [1.54, 1.807) is 4.68 Å². The largest absolute Gasteiger partial charge is 0.383 e. The summed E-state index contributed by atoms with van der Waals surface area (Å²) in [4.78, 5) is 7.82. The summed E-state index contributed by atoms with van der Waals surface area (Å²) >= 11 is 0. The molecule has 6 nitrogen and oxygen atoms in total. The Morgan fingerprint density at radius 1 is 1.07 bits per heavy atom. The molecule has 0 aliphatic carbocycles. The van der Waals surface area contributed by atoms with Crippen LogP contribution in [0.2, 0.25) is 0 Å². The summed E-state index contributed by atoms with van der Waals surface area (Å²) in [5, 5.41) is 16.4. The van der Waals surface area contributed by atoms with E-state index in [9.17, 15) is 5.26 Å². The Labute approximate surface area is 160 Å². The number of hydrogen-bond donors (Lipinski definition) is 2. The minimum absolute atomic E-state index is 0.201. The number of para-hydroxylation sites is 2. The van der Waals surface area contributed by atoms with E-state index in [1.165, 1.54) is 0 Å². The van der Waals surface area contributed by atoms with E-state index >= 15 is 0 Å². The van der Waals surface area contributed by atoms with Crippen molar-refractivity contribution in [1.82, 2.24) is 19.7 Å². The van der Waals surface area contributed by atoms with Gasteiger partial charge in [-0.1, -0.05) is 36.4 Å². The van der Waals surface area contributed by atoms with Crippen molar-refractivity contribution in [1.29, 1.82) is 5.26 Å². The van der Waals surface area contributed by atoms with E-state index in [0.29, 0.717) is 11.2 Å². The van der Waals surface area contributed by atoms with E-state index in [-0.39, 0.29) is 5.82 Å². The fourth-order valence-electron chi connectivity index (χ4n) is 3.74. The van der Waals surface area contributed by atoms with Crippen LogP contribution < -0.4 is 5.73 Å². The van der Waals surface area contributed by atoms with Crippen LogP contribution in [0, 0.1) is 18.3 Å². The summed E-state index contributed by atoms with van der Waals surface area (Å²) in [6, 6.07) is 20.0. The van der Waals surface area contributed by atoms with Gasteiger partial charge in [0, 0.05) is 28.2 Å². The molecule has 0 atom stereocenters. The highest BCUT2D eigenvalue weighted by Crippen LogP contribution is 2.39. The lowest BCUT2D eigenvalue weighted by atomic mass is 9.96. The van der Waals surface area contributed by atoms with E-state index in [4.69, 9.17) is 10.8 Å². The molecule has 134 valence electrons. The average molecular weight is 364 g/mol. The maximum atomic E-state index is 9.84. The van der Waals surface area contributed by atoms with E-state index in [2.05, 4.69) is 16.0 Å². The summed E-state index contributed by atoms with van der Waals surface area (Å²) in [5.41, 5.74) is 11.6. The van der Waals surface area contributed by atoms with Gasteiger partial charge in [0.25, 0.3) is 0 Å². The second-order valence-electron chi connectivity index (χ2n) is 6.64. The predicted molar refractivity (Wildman–Crippen MR) is 110 cm³/mol. The number of nitrogens with two attached hydrogens (primary N) is 1. The minimum atomic E-state index is 0.201. The number of nitriles is 1. The average Bonchev–Trinajstić information content (AvgIpc) is 3.29. The Balaban J connectivity index is 1.94. The molecule has 0 aliphatic heterocycles. The lowest BCUT2D eigenvalue weighted by Gasteiger charge is -2.09. The first-order chi connectivity index (χ1) is 13.7. The number of aryl methyl sites for hydroxylation is 1. The first-order valence-electron chi connectivity index (χ1n) is 8.90. The summed E-state index contributed by atoms with van der Waals surface area (Å²) in [7, 11) is 0. The van der Waals surface area contributed by atoms with Crippen molar-refractivity contribution in [3.63, 3.8) is 0 Å². The van der Waals surface area contributed by atoms with Crippen LogP contribution in [0.1, 0.15) is 11.3 Å². The van der Waals surface area contributed by atoms with Gasteiger partial charge in [0.1, 0.15) is 17.5 Å². The van der Waals surface area contributed by atoms with Crippen LogP contribution in [0.4, 0.5) is 5.82 Å². The SMILES string of the molecule is Cc1nn(-c2ccccc2)c2nc(N)c(C#N)c(-c3c[nH]c4ccccc34)c12. The van der Waals surface area contributed by atoms with Crippen LogP contribution in [-0.4, -0.2) is 19.7 Å². The fourth-order valence-corrected chi connectivity index (χ4v) is 3.74. The van der Waals surface area contributed by atoms with Gasteiger partial charge in [-0.15, -0.1) is 0 Å². The predicted octanol–water partition coefficient (Wildman–Crippen LogP) is 4.33. The zero-order chi connectivity index (χ0) is 19.3. The molecular formula is C22H16N6. The standard InChI is InChI=1S/C22H16N6/c1-13-19-20(17-12-25-18-10-6-5-9-15(17)18)16(11-23)21(24)26-22(19)28(27-13)14-7-3-2-4-8-14/h2-10,12,25H,1H3,(H2,24,26). The number of H-pyrrole nitrogens is 1. The number of pyridine rings is 1. The van der Waals surface area contributed by atoms with Crippen LogP contribution >= 0.6 is 0 Å². The van der Waals surface area contributed by atoms with Gasteiger partial charge in [-0.25, -0.2) is 9.67 Å². The maximum absolute atomic E-state index is 9.84. The molecule has 0 bridgehead atoms. The van der Waals surface area contributed by atoms with Crippen LogP contribution in [-0.2, 0) is 0 Å². The Morgan fingerprint density at radius 2 is 1.82 bits per heavy atom. The van der Waals surface area contributed by atoms with Crippen molar-refractivity contribution < 1.29 is 0 Å². The number of fused-ring (bicyclic) bond motifs is 2. The molecule has 0 amide bonds. The topological polar surface area (TPSA) is 96.3 Å². The fraction of sp³-hybridized carbons (Fsp3) is 0.0455. The normalized spacial score (nSPS) is 11.1. The molecule has 6 heteroatoms. The van der Waals surface area contributed by atoms with Crippen molar-refractivity contribution in [2.75, 3.05) is 5.73 Å². The smallest absolute Gasteiger partial charge is 0.166 e. The van der Waals surface area contributed by atoms with Crippen molar-refractivity contribution in [2.24, 2.45) is 0 Å². The summed E-state index contributed by atoms with van der Waals surface area (Å²) in [5.74, 6) is 0.201. The highest BCUT2D eigenvalue weighted by atomic mass is 15.3. The van der Waals surface area contributed by atoms with Gasteiger partial charge in [0.2, 0.25) is 0 Å². The van der Waals surface area contributed by atoms with Gasteiger partial charge in [0.05, 0.1) is 16.8 Å². The highest BCUT2D eigenvalue weighted by molar-refractivity contribution is 6.07. The highest BCUT2D eigenvalue weighted by Gasteiger charge is 2.23. The molecule has 0 saturated carbocycles. The van der Waals surface area contributed by atoms with Crippen molar-refractivity contribution >= 4 is 27.8 Å². The molecule has 5 rings (SSSR count). The first kappa shape index (κ1) is 16.1. The molecule has 2 aromatic carbocycles. The third kappa shape index (κ3) is 2.20. The van der Waals surface area contributed by atoms with Crippen LogP contribution in [0.15, 0.2) is 60.8 Å². The molecular weight excluding hydrogens is 348 g/mol. The molecule has 0 spiro atoms. The molecule has 3 N–H and O–H groups in total. The molecule has 28 heavy (non-hydrogen) atoms. The quantitative estimate of drug-likeness (QED) is 0.487. The van der Waals surface area contributed by atoms with E-state index in [1.807, 2.05) is 67.7 Å². The number of anilines is 1. The lowest BCUT2D eigenvalue weighted by Crippen LogP contribution is -2.02. The van der Waals surface area contributed by atoms with Gasteiger partial charge in [0.15, 0.2) is 5.65 Å². The molecule has 0 fully saturated rings. The Bertz CT molecular complexity index is 1390. The summed E-state index contributed by atoms with van der Waals surface area (Å²) in [6.07, 6.45) is 1.92. The molecule has 0 radical (unpaired) electrons. The van der Waals surface area contributed by atoms with Crippen molar-refractivity contribution in [3.05, 3.63) is 72.1 Å². The minimum Gasteiger partial charge on any atom is -0.383 e. The molecule has 0 unspecified atom stereocenters. The van der Waals surface area contributed by atoms with Gasteiger partial charge >= 0.3 is 0 Å². The maximum Gasteiger partial charge on any atom is 0.166 e. The van der Waals surface area contributed by atoms with Crippen molar-refractivity contribution in [3.8, 4) is 22.9 Å². The number of benzene rings is 2. The zero-order valence-corrected chi connectivity index (χ0v) is 15.1. The third-order valence-electron chi connectivity index (χ3n) is 4.99. The van der Waals surface area contributed by atoms with E-state index in [0.717, 1.165) is 38.8 Å². The number of aromatic amines is 1. The Morgan fingerprint density at radius 3 is 2.61 bits per heavy atom. The molecule has 5 aromatic rings. The zero-order valence-electron chi connectivity index (χ0n) is 15.1. The molecule has 0 saturated heterocycles. The van der Waals surface area contributed by atoms with Gasteiger partial charge in [-0.2, -0.15) is 10.4 Å². The molecule has 3 aromatic heterocycles. The van der Waals surface area contributed by atoms with Crippen molar-refractivity contribution in [2.45, 2.75) is 6.92 Å². The monoisotopic (exact) mass is 364 g/mol. The number of hydrogen-bond acceptors (Lipinski definition) is 4. The lowest BCUT2D eigenvalue weighted by molar-refractivity contribution is 0.878. The second kappa shape index (κ2) is 5.96. The van der Waals surface area contributed by atoms with Crippen LogP contribution in [0.25, 0.3) is 38.8 Å². The number of nitrogens with zero attached hydrogens (tertiary/aromatic N) is 4.